The first kappa shape index (κ1) is 25.6. The molecule has 0 spiro atoms. The van der Waals surface area contributed by atoms with Crippen LogP contribution in [-0.2, 0) is 16.5 Å². The molecule has 2 aromatic rings. The molecule has 0 saturated heterocycles. The van der Waals surface area contributed by atoms with Gasteiger partial charge in [0.25, 0.3) is 10.1 Å². The molecular weight excluding hydrogens is 403 g/mol. The Labute approximate surface area is 210 Å². The molecule has 0 heterocycles. The SMILES string of the molecule is CCCCCCCCCc1ccc([O-])cc1Oc1ccccc1S(=O)(=O)O.[K+]. The summed E-state index contributed by atoms with van der Waals surface area (Å²) in [7, 11) is -4.41. The Bertz CT molecular complexity index is 836. The van der Waals surface area contributed by atoms with Crippen molar-refractivity contribution >= 4 is 10.1 Å². The minimum atomic E-state index is -4.41. The molecule has 0 aliphatic heterocycles. The van der Waals surface area contributed by atoms with Crippen LogP contribution in [0.4, 0.5) is 0 Å². The van der Waals surface area contributed by atoms with Crippen molar-refractivity contribution in [3.63, 3.8) is 0 Å². The van der Waals surface area contributed by atoms with E-state index in [0.717, 1.165) is 24.8 Å². The molecule has 0 amide bonds. The fourth-order valence-corrected chi connectivity index (χ4v) is 3.59. The van der Waals surface area contributed by atoms with Crippen LogP contribution in [0.1, 0.15) is 57.4 Å². The van der Waals surface area contributed by atoms with E-state index < -0.39 is 10.1 Å². The van der Waals surface area contributed by atoms with Gasteiger partial charge in [0.1, 0.15) is 16.4 Å². The number of benzene rings is 2. The summed E-state index contributed by atoms with van der Waals surface area (Å²) in [6.45, 7) is 2.20. The van der Waals surface area contributed by atoms with Crippen molar-refractivity contribution in [1.29, 1.82) is 0 Å². The summed E-state index contributed by atoms with van der Waals surface area (Å²) in [5, 5.41) is 11.7. The maximum atomic E-state index is 11.7. The molecule has 0 fully saturated rings. The van der Waals surface area contributed by atoms with Gasteiger partial charge in [0.15, 0.2) is 0 Å². The molecule has 7 heteroatoms. The summed E-state index contributed by atoms with van der Waals surface area (Å²) in [6, 6.07) is 10.4. The van der Waals surface area contributed by atoms with Crippen LogP contribution >= 0.6 is 0 Å². The van der Waals surface area contributed by atoms with Crippen LogP contribution in [-0.4, -0.2) is 13.0 Å². The number of ether oxygens (including phenoxy) is 1. The molecule has 28 heavy (non-hydrogen) atoms. The largest absolute Gasteiger partial charge is 1.00 e. The first-order valence-corrected chi connectivity index (χ1v) is 10.9. The van der Waals surface area contributed by atoms with E-state index in [2.05, 4.69) is 6.92 Å². The second-order valence-corrected chi connectivity index (χ2v) is 8.05. The van der Waals surface area contributed by atoms with Gasteiger partial charge in [-0.3, -0.25) is 4.55 Å². The Kier molecular flexibility index (Phi) is 11.9. The molecule has 0 aromatic heterocycles. The van der Waals surface area contributed by atoms with Crippen molar-refractivity contribution in [2.45, 2.75) is 63.2 Å². The van der Waals surface area contributed by atoms with E-state index in [-0.39, 0.29) is 67.8 Å². The van der Waals surface area contributed by atoms with E-state index in [1.54, 1.807) is 12.1 Å². The Hall–Kier alpha value is -0.414. The normalized spacial score (nSPS) is 11.1. The number of aryl methyl sites for hydroxylation is 1. The van der Waals surface area contributed by atoms with Crippen molar-refractivity contribution in [3.8, 4) is 17.2 Å². The van der Waals surface area contributed by atoms with Crippen molar-refractivity contribution < 1.29 is 74.2 Å². The second-order valence-electron chi connectivity index (χ2n) is 6.66. The van der Waals surface area contributed by atoms with Gasteiger partial charge in [-0.15, -0.1) is 5.75 Å². The minimum absolute atomic E-state index is 0. The Balaban J connectivity index is 0.00000392. The van der Waals surface area contributed by atoms with Crippen molar-refractivity contribution in [1.82, 2.24) is 0 Å². The van der Waals surface area contributed by atoms with Crippen LogP contribution in [0, 0.1) is 0 Å². The molecule has 0 bridgehead atoms. The average molecular weight is 431 g/mol. The van der Waals surface area contributed by atoms with Crippen molar-refractivity contribution in [2.24, 2.45) is 0 Å². The van der Waals surface area contributed by atoms with Gasteiger partial charge in [-0.05, 0) is 36.6 Å². The van der Waals surface area contributed by atoms with Crippen LogP contribution < -0.4 is 61.2 Å². The van der Waals surface area contributed by atoms with Crippen molar-refractivity contribution in [2.75, 3.05) is 0 Å². The summed E-state index contributed by atoms with van der Waals surface area (Å²) in [5.74, 6) is 0.133. The third-order valence-corrected chi connectivity index (χ3v) is 5.33. The van der Waals surface area contributed by atoms with Gasteiger partial charge in [0, 0.05) is 0 Å². The molecule has 0 aliphatic rings. The van der Waals surface area contributed by atoms with E-state index in [1.807, 2.05) is 0 Å². The average Bonchev–Trinajstić information content (AvgIpc) is 2.62. The molecule has 0 saturated carbocycles. The predicted octanol–water partition coefficient (Wildman–Crippen LogP) is 2.10. The van der Waals surface area contributed by atoms with Gasteiger partial charge >= 0.3 is 51.4 Å². The van der Waals surface area contributed by atoms with Gasteiger partial charge in [-0.2, -0.15) is 8.42 Å². The van der Waals surface area contributed by atoms with Crippen molar-refractivity contribution in [3.05, 3.63) is 48.0 Å². The fourth-order valence-electron chi connectivity index (χ4n) is 2.98. The summed E-state index contributed by atoms with van der Waals surface area (Å²) < 4.78 is 38.1. The zero-order valence-electron chi connectivity index (χ0n) is 16.7. The van der Waals surface area contributed by atoms with Crippen LogP contribution in [0.5, 0.6) is 17.2 Å². The molecule has 1 N–H and O–H groups in total. The molecule has 2 rings (SSSR count). The molecule has 2 aromatic carbocycles. The summed E-state index contributed by atoms with van der Waals surface area (Å²) in [4.78, 5) is -0.317. The monoisotopic (exact) mass is 430 g/mol. The molecule has 0 radical (unpaired) electrons. The zero-order valence-corrected chi connectivity index (χ0v) is 20.6. The maximum absolute atomic E-state index is 11.7. The quantitative estimate of drug-likeness (QED) is 0.335. The first-order valence-electron chi connectivity index (χ1n) is 9.46. The number of rotatable bonds is 11. The van der Waals surface area contributed by atoms with E-state index in [9.17, 15) is 18.1 Å². The van der Waals surface area contributed by atoms with Crippen LogP contribution in [0.25, 0.3) is 0 Å². The molecule has 5 nitrogen and oxygen atoms in total. The molecule has 0 atom stereocenters. The topological polar surface area (TPSA) is 86.7 Å². The Morgan fingerprint density at radius 2 is 1.57 bits per heavy atom. The van der Waals surface area contributed by atoms with Crippen LogP contribution in [0.3, 0.4) is 0 Å². The standard InChI is InChI=1S/C21H28O5S.K/c1-2-3-4-5-6-7-8-11-17-14-15-18(22)16-20(17)26-19-12-9-10-13-21(19)27(23,24)25;/h9-10,12-16,22H,2-8,11H2,1H3,(H,23,24,25);/q;+1/p-1. The van der Waals surface area contributed by atoms with Gasteiger partial charge in [-0.25, -0.2) is 0 Å². The van der Waals surface area contributed by atoms with Gasteiger partial charge in [0.05, 0.1) is 0 Å². The Morgan fingerprint density at radius 1 is 0.929 bits per heavy atom. The second kappa shape index (κ2) is 13.0. The van der Waals surface area contributed by atoms with Crippen LogP contribution in [0.2, 0.25) is 0 Å². The summed E-state index contributed by atoms with van der Waals surface area (Å²) >= 11 is 0. The summed E-state index contributed by atoms with van der Waals surface area (Å²) in [5.41, 5.74) is 0.855. The molecule has 0 aliphatic carbocycles. The van der Waals surface area contributed by atoms with Gasteiger partial charge in [-0.1, -0.05) is 69.7 Å². The zero-order chi connectivity index (χ0) is 19.7. The third kappa shape index (κ3) is 8.53. The number of para-hydroxylation sites is 1. The minimum Gasteiger partial charge on any atom is -0.872 e. The molecule has 0 unspecified atom stereocenters. The summed E-state index contributed by atoms with van der Waals surface area (Å²) in [6.07, 6.45) is 9.01. The van der Waals surface area contributed by atoms with Crippen LogP contribution in [0.15, 0.2) is 47.4 Å². The predicted molar refractivity (Wildman–Crippen MR) is 104 cm³/mol. The first-order chi connectivity index (χ1) is 12.9. The third-order valence-electron chi connectivity index (χ3n) is 4.44. The number of unbranched alkanes of at least 4 members (excludes halogenated alkanes) is 6. The maximum Gasteiger partial charge on any atom is 1.00 e. The molecule has 148 valence electrons. The Morgan fingerprint density at radius 3 is 2.25 bits per heavy atom. The van der Waals surface area contributed by atoms with E-state index in [4.69, 9.17) is 4.74 Å². The smallest absolute Gasteiger partial charge is 0.872 e. The van der Waals surface area contributed by atoms with E-state index >= 15 is 0 Å². The van der Waals surface area contributed by atoms with Gasteiger partial charge < -0.3 is 9.84 Å². The van der Waals surface area contributed by atoms with E-state index in [1.165, 1.54) is 62.4 Å². The number of hydrogen-bond donors (Lipinski definition) is 1. The van der Waals surface area contributed by atoms with E-state index in [0.29, 0.717) is 5.75 Å². The number of hydrogen-bond acceptors (Lipinski definition) is 4. The van der Waals surface area contributed by atoms with Gasteiger partial charge in [0.2, 0.25) is 0 Å². The molecular formula is C21H27KO5S. The fraction of sp³-hybridized carbons (Fsp3) is 0.429.